The Bertz CT molecular complexity index is 455. The van der Waals surface area contributed by atoms with Crippen LogP contribution in [0.2, 0.25) is 0 Å². The second-order valence-electron chi connectivity index (χ2n) is 5.61. The van der Waals surface area contributed by atoms with Gasteiger partial charge in [0.15, 0.2) is 0 Å². The molecule has 0 saturated carbocycles. The summed E-state index contributed by atoms with van der Waals surface area (Å²) in [6, 6.07) is 5.59. The fourth-order valence-electron chi connectivity index (χ4n) is 2.50. The maximum atomic E-state index is 11.9. The Morgan fingerprint density at radius 3 is 2.95 bits per heavy atom. The number of hydrogen-bond donors (Lipinski definition) is 3. The molecular formula is C15H23N3O3. The lowest BCUT2D eigenvalue weighted by molar-refractivity contribution is -0.122. The molecule has 0 unspecified atom stereocenters. The van der Waals surface area contributed by atoms with Gasteiger partial charge in [-0.1, -0.05) is 6.07 Å². The van der Waals surface area contributed by atoms with Gasteiger partial charge in [0.2, 0.25) is 5.91 Å². The van der Waals surface area contributed by atoms with Crippen LogP contribution in [0, 0.1) is 0 Å². The van der Waals surface area contributed by atoms with Gasteiger partial charge in [0.05, 0.1) is 31.0 Å². The summed E-state index contributed by atoms with van der Waals surface area (Å²) in [6.45, 7) is 1.91. The summed E-state index contributed by atoms with van der Waals surface area (Å²) in [6.07, 6.45) is 3.56. The molecule has 0 bridgehead atoms. The van der Waals surface area contributed by atoms with E-state index >= 15 is 0 Å². The molecule has 0 aliphatic carbocycles. The van der Waals surface area contributed by atoms with Gasteiger partial charge in [0.1, 0.15) is 0 Å². The summed E-state index contributed by atoms with van der Waals surface area (Å²) in [5.41, 5.74) is -0.157. The number of nitrogens with one attached hydrogen (secondary N) is 1. The Morgan fingerprint density at radius 1 is 1.38 bits per heavy atom. The number of nitrogens with zero attached hydrogens (tertiary/aromatic N) is 2. The van der Waals surface area contributed by atoms with Gasteiger partial charge in [-0.2, -0.15) is 0 Å². The highest BCUT2D eigenvalue weighted by molar-refractivity contribution is 5.77. The maximum Gasteiger partial charge on any atom is 0.234 e. The van der Waals surface area contributed by atoms with Crippen molar-refractivity contribution in [2.24, 2.45) is 0 Å². The van der Waals surface area contributed by atoms with Gasteiger partial charge < -0.3 is 15.5 Å². The molecule has 0 spiro atoms. The van der Waals surface area contributed by atoms with E-state index in [0.29, 0.717) is 32.5 Å². The first kappa shape index (κ1) is 15.9. The van der Waals surface area contributed by atoms with Crippen molar-refractivity contribution in [2.75, 3.05) is 26.2 Å². The molecule has 116 valence electrons. The number of aliphatic hydroxyl groups excluding tert-OH is 1. The van der Waals surface area contributed by atoms with E-state index in [1.165, 1.54) is 0 Å². The minimum Gasteiger partial charge on any atom is -0.393 e. The van der Waals surface area contributed by atoms with Gasteiger partial charge in [0, 0.05) is 12.7 Å². The molecular weight excluding hydrogens is 270 g/mol. The lowest BCUT2D eigenvalue weighted by Gasteiger charge is -2.24. The van der Waals surface area contributed by atoms with Crippen molar-refractivity contribution in [3.63, 3.8) is 0 Å². The number of carbonyl (C=O) groups is 1. The minimum atomic E-state index is -0.987. The number of aliphatic hydroxyl groups is 2. The van der Waals surface area contributed by atoms with Crippen molar-refractivity contribution < 1.29 is 15.0 Å². The third-order valence-corrected chi connectivity index (χ3v) is 3.86. The zero-order chi connectivity index (χ0) is 15.1. The Hall–Kier alpha value is -1.50. The van der Waals surface area contributed by atoms with Crippen LogP contribution in [0.1, 0.15) is 25.0 Å². The Balaban J connectivity index is 1.75. The first-order chi connectivity index (χ1) is 10.1. The number of pyridine rings is 1. The van der Waals surface area contributed by atoms with E-state index in [-0.39, 0.29) is 12.5 Å². The zero-order valence-electron chi connectivity index (χ0n) is 12.2. The fraction of sp³-hybridized carbons (Fsp3) is 0.600. The molecule has 1 amide bonds. The van der Waals surface area contributed by atoms with Gasteiger partial charge in [-0.05, 0) is 37.9 Å². The Kier molecular flexibility index (Phi) is 5.67. The highest BCUT2D eigenvalue weighted by atomic mass is 16.3. The summed E-state index contributed by atoms with van der Waals surface area (Å²) in [5.74, 6) is -0.0462. The lowest BCUT2D eigenvalue weighted by atomic mass is 9.96. The van der Waals surface area contributed by atoms with Crippen LogP contribution in [0.5, 0.6) is 0 Å². The molecule has 1 aromatic rings. The molecule has 0 aromatic carbocycles. The second kappa shape index (κ2) is 7.49. The highest BCUT2D eigenvalue weighted by Crippen LogP contribution is 2.21. The fourth-order valence-corrected chi connectivity index (χ4v) is 2.50. The monoisotopic (exact) mass is 293 g/mol. The molecule has 3 N–H and O–H groups in total. The molecule has 6 nitrogen and oxygen atoms in total. The normalized spacial score (nSPS) is 23.5. The standard InChI is InChI=1S/C15H23N3O3/c19-12-15(21)5-3-8-18(9-6-15)11-14(20)17-10-13-4-1-2-7-16-13/h1-2,4,7,19,21H,3,5-6,8-12H2,(H,17,20)/t15-/m1/s1. The average molecular weight is 293 g/mol. The van der Waals surface area contributed by atoms with Crippen LogP contribution in [-0.2, 0) is 11.3 Å². The van der Waals surface area contributed by atoms with Gasteiger partial charge in [0.25, 0.3) is 0 Å². The molecule has 2 rings (SSSR count). The highest BCUT2D eigenvalue weighted by Gasteiger charge is 2.29. The molecule has 1 aliphatic heterocycles. The molecule has 1 atom stereocenters. The van der Waals surface area contributed by atoms with Gasteiger partial charge in [-0.3, -0.25) is 14.7 Å². The number of likely N-dealkylation sites (tertiary alicyclic amines) is 1. The van der Waals surface area contributed by atoms with Crippen LogP contribution in [-0.4, -0.2) is 57.8 Å². The van der Waals surface area contributed by atoms with E-state index in [1.54, 1.807) is 6.20 Å². The molecule has 1 saturated heterocycles. The third-order valence-electron chi connectivity index (χ3n) is 3.86. The maximum absolute atomic E-state index is 11.9. The van der Waals surface area contributed by atoms with Crippen LogP contribution < -0.4 is 5.32 Å². The predicted molar refractivity (Wildman–Crippen MR) is 78.4 cm³/mol. The largest absolute Gasteiger partial charge is 0.393 e. The molecule has 1 aromatic heterocycles. The topological polar surface area (TPSA) is 85.7 Å². The molecule has 2 heterocycles. The molecule has 1 fully saturated rings. The van der Waals surface area contributed by atoms with E-state index in [1.807, 2.05) is 23.1 Å². The van der Waals surface area contributed by atoms with Crippen LogP contribution in [0.15, 0.2) is 24.4 Å². The first-order valence-corrected chi connectivity index (χ1v) is 7.33. The van der Waals surface area contributed by atoms with Gasteiger partial charge in [-0.25, -0.2) is 0 Å². The van der Waals surface area contributed by atoms with Crippen molar-refractivity contribution >= 4 is 5.91 Å². The van der Waals surface area contributed by atoms with Crippen molar-refractivity contribution in [3.8, 4) is 0 Å². The number of rotatable bonds is 5. The van der Waals surface area contributed by atoms with E-state index in [2.05, 4.69) is 10.3 Å². The lowest BCUT2D eigenvalue weighted by Crippen LogP contribution is -2.39. The Morgan fingerprint density at radius 2 is 2.24 bits per heavy atom. The van der Waals surface area contributed by atoms with Crippen LogP contribution in [0.25, 0.3) is 0 Å². The van der Waals surface area contributed by atoms with E-state index in [9.17, 15) is 15.0 Å². The van der Waals surface area contributed by atoms with Gasteiger partial charge >= 0.3 is 0 Å². The molecule has 21 heavy (non-hydrogen) atoms. The second-order valence-corrected chi connectivity index (χ2v) is 5.61. The van der Waals surface area contributed by atoms with E-state index < -0.39 is 5.60 Å². The summed E-state index contributed by atoms with van der Waals surface area (Å²) in [7, 11) is 0. The van der Waals surface area contributed by atoms with Crippen LogP contribution in [0.4, 0.5) is 0 Å². The molecule has 1 aliphatic rings. The number of carbonyl (C=O) groups excluding carboxylic acids is 1. The molecule has 6 heteroatoms. The number of amides is 1. The van der Waals surface area contributed by atoms with Crippen molar-refractivity contribution in [3.05, 3.63) is 30.1 Å². The summed E-state index contributed by atoms with van der Waals surface area (Å²) < 4.78 is 0. The summed E-state index contributed by atoms with van der Waals surface area (Å²) in [5, 5.41) is 22.1. The quantitative estimate of drug-likeness (QED) is 0.706. The van der Waals surface area contributed by atoms with Crippen molar-refractivity contribution in [1.29, 1.82) is 0 Å². The van der Waals surface area contributed by atoms with Crippen molar-refractivity contribution in [1.82, 2.24) is 15.2 Å². The number of hydrogen-bond acceptors (Lipinski definition) is 5. The van der Waals surface area contributed by atoms with Crippen molar-refractivity contribution in [2.45, 2.75) is 31.4 Å². The predicted octanol–water partition coefficient (Wildman–Crippen LogP) is -0.0929. The molecule has 0 radical (unpaired) electrons. The van der Waals surface area contributed by atoms with E-state index in [0.717, 1.165) is 18.7 Å². The van der Waals surface area contributed by atoms with Crippen LogP contribution >= 0.6 is 0 Å². The summed E-state index contributed by atoms with van der Waals surface area (Å²) in [4.78, 5) is 18.1. The SMILES string of the molecule is O=C(CN1CCC[C@](O)(CO)CC1)NCc1ccccn1. The smallest absolute Gasteiger partial charge is 0.234 e. The van der Waals surface area contributed by atoms with Gasteiger partial charge in [-0.15, -0.1) is 0 Å². The third kappa shape index (κ3) is 5.08. The van der Waals surface area contributed by atoms with E-state index in [4.69, 9.17) is 0 Å². The average Bonchev–Trinajstić information content (AvgIpc) is 2.69. The van der Waals surface area contributed by atoms with Crippen LogP contribution in [0.3, 0.4) is 0 Å². The zero-order valence-corrected chi connectivity index (χ0v) is 12.2. The Labute approximate surface area is 124 Å². The summed E-state index contributed by atoms with van der Waals surface area (Å²) >= 11 is 0. The number of aromatic nitrogens is 1. The first-order valence-electron chi connectivity index (χ1n) is 7.33. The minimum absolute atomic E-state index is 0.0462.